The molecule has 4 heteroatoms. The molecule has 4 nitrogen and oxygen atoms in total. The van der Waals surface area contributed by atoms with Crippen LogP contribution in [0.25, 0.3) is 5.57 Å². The quantitative estimate of drug-likeness (QED) is 0.784. The maximum atomic E-state index is 9.17. The van der Waals surface area contributed by atoms with Crippen molar-refractivity contribution < 1.29 is 14.2 Å². The Kier molecular flexibility index (Phi) is 5.27. The molecule has 0 aliphatic carbocycles. The molecule has 0 atom stereocenters. The molecule has 0 saturated carbocycles. The van der Waals surface area contributed by atoms with E-state index < -0.39 is 0 Å². The first-order chi connectivity index (χ1) is 11.1. The minimum absolute atomic E-state index is 0.674. The molecule has 0 amide bonds. The molecule has 0 heterocycles. The van der Waals surface area contributed by atoms with Gasteiger partial charge in [0.15, 0.2) is 0 Å². The minimum atomic E-state index is 0.674. The number of methoxy groups -OCH3 is 3. The maximum absolute atomic E-state index is 9.17. The van der Waals surface area contributed by atoms with E-state index >= 15 is 0 Å². The van der Waals surface area contributed by atoms with Crippen LogP contribution < -0.4 is 14.2 Å². The Bertz CT molecular complexity index is 750. The highest BCUT2D eigenvalue weighted by molar-refractivity contribution is 5.83. The van der Waals surface area contributed by atoms with Gasteiger partial charge in [-0.3, -0.25) is 0 Å². The fourth-order valence-corrected chi connectivity index (χ4v) is 2.41. The Morgan fingerprint density at radius 3 is 2.04 bits per heavy atom. The Hall–Kier alpha value is -2.93. The second kappa shape index (κ2) is 7.37. The monoisotopic (exact) mass is 309 g/mol. The van der Waals surface area contributed by atoms with Gasteiger partial charge < -0.3 is 14.2 Å². The highest BCUT2D eigenvalue weighted by atomic mass is 16.5. The highest BCUT2D eigenvalue weighted by Crippen LogP contribution is 2.32. The van der Waals surface area contributed by atoms with Crippen molar-refractivity contribution in [1.82, 2.24) is 0 Å². The van der Waals surface area contributed by atoms with E-state index in [1.54, 1.807) is 27.4 Å². The summed E-state index contributed by atoms with van der Waals surface area (Å²) >= 11 is 0. The number of aryl methyl sites for hydroxylation is 1. The summed E-state index contributed by atoms with van der Waals surface area (Å²) in [5.74, 6) is 2.16. The topological polar surface area (TPSA) is 51.5 Å². The average molecular weight is 309 g/mol. The van der Waals surface area contributed by atoms with E-state index in [-0.39, 0.29) is 0 Å². The van der Waals surface area contributed by atoms with Crippen molar-refractivity contribution in [1.29, 1.82) is 5.26 Å². The first kappa shape index (κ1) is 16.4. The normalized spacial score (nSPS) is 10.8. The van der Waals surface area contributed by atoms with Gasteiger partial charge in [0.25, 0.3) is 0 Å². The zero-order valence-electron chi connectivity index (χ0n) is 13.7. The van der Waals surface area contributed by atoms with Gasteiger partial charge in [-0.1, -0.05) is 6.07 Å². The summed E-state index contributed by atoms with van der Waals surface area (Å²) in [7, 11) is 4.84. The van der Waals surface area contributed by atoms with Crippen molar-refractivity contribution in [3.63, 3.8) is 0 Å². The molecule has 0 aliphatic rings. The van der Waals surface area contributed by atoms with Crippen LogP contribution in [0.1, 0.15) is 16.7 Å². The molecule has 0 aromatic heterocycles. The van der Waals surface area contributed by atoms with E-state index in [0.29, 0.717) is 11.5 Å². The van der Waals surface area contributed by atoms with E-state index in [4.69, 9.17) is 19.5 Å². The molecule has 0 N–H and O–H groups in total. The largest absolute Gasteiger partial charge is 0.497 e. The number of hydrogen-bond donors (Lipinski definition) is 0. The molecule has 23 heavy (non-hydrogen) atoms. The van der Waals surface area contributed by atoms with Gasteiger partial charge in [0.05, 0.1) is 27.4 Å². The molecule has 0 fully saturated rings. The lowest BCUT2D eigenvalue weighted by atomic mass is 9.95. The van der Waals surface area contributed by atoms with Crippen LogP contribution in [0.2, 0.25) is 0 Å². The molecule has 118 valence electrons. The van der Waals surface area contributed by atoms with Crippen LogP contribution in [-0.2, 0) is 0 Å². The molecule has 0 spiro atoms. The Morgan fingerprint density at radius 2 is 1.57 bits per heavy atom. The first-order valence-electron chi connectivity index (χ1n) is 7.11. The Labute approximate surface area is 136 Å². The Balaban J connectivity index is 2.58. The van der Waals surface area contributed by atoms with Gasteiger partial charge in [0.1, 0.15) is 17.2 Å². The van der Waals surface area contributed by atoms with Gasteiger partial charge >= 0.3 is 0 Å². The van der Waals surface area contributed by atoms with Crippen LogP contribution in [0.3, 0.4) is 0 Å². The van der Waals surface area contributed by atoms with Crippen molar-refractivity contribution in [3.05, 3.63) is 59.2 Å². The van der Waals surface area contributed by atoms with E-state index in [1.165, 1.54) is 6.08 Å². The summed E-state index contributed by atoms with van der Waals surface area (Å²) in [6.45, 7) is 1.97. The summed E-state index contributed by atoms with van der Waals surface area (Å²) in [4.78, 5) is 0. The number of ether oxygens (including phenoxy) is 3. The predicted molar refractivity (Wildman–Crippen MR) is 90.0 cm³/mol. The fourth-order valence-electron chi connectivity index (χ4n) is 2.41. The second-order valence-electron chi connectivity index (χ2n) is 4.97. The molecule has 2 aromatic carbocycles. The van der Waals surface area contributed by atoms with Gasteiger partial charge in [-0.05, 0) is 53.5 Å². The van der Waals surface area contributed by atoms with Gasteiger partial charge in [0, 0.05) is 12.1 Å². The zero-order chi connectivity index (χ0) is 16.8. The van der Waals surface area contributed by atoms with E-state index in [9.17, 15) is 0 Å². The zero-order valence-corrected chi connectivity index (χ0v) is 13.7. The SMILES string of the molecule is COc1cc(OC)cc(/C(=C/C#N)c2ccc(OC)c(C)c2)c1. The summed E-state index contributed by atoms with van der Waals surface area (Å²) in [5, 5.41) is 9.17. The summed E-state index contributed by atoms with van der Waals surface area (Å²) in [6.07, 6.45) is 1.52. The van der Waals surface area contributed by atoms with E-state index in [1.807, 2.05) is 37.3 Å². The van der Waals surface area contributed by atoms with Crippen molar-refractivity contribution in [2.24, 2.45) is 0 Å². The van der Waals surface area contributed by atoms with Crippen molar-refractivity contribution in [2.45, 2.75) is 6.92 Å². The molecular formula is C19H19NO3. The number of rotatable bonds is 5. The maximum Gasteiger partial charge on any atom is 0.123 e. The molecule has 0 unspecified atom stereocenters. The number of nitrogens with zero attached hydrogens (tertiary/aromatic N) is 1. The van der Waals surface area contributed by atoms with Crippen LogP contribution in [0.5, 0.6) is 17.2 Å². The molecule has 0 saturated heterocycles. The van der Waals surface area contributed by atoms with Gasteiger partial charge in [-0.15, -0.1) is 0 Å². The molecule has 0 bridgehead atoms. The van der Waals surface area contributed by atoms with Crippen LogP contribution in [0.15, 0.2) is 42.5 Å². The lowest BCUT2D eigenvalue weighted by Gasteiger charge is -2.13. The third-order valence-corrected chi connectivity index (χ3v) is 3.58. The lowest BCUT2D eigenvalue weighted by Crippen LogP contribution is -1.94. The van der Waals surface area contributed by atoms with Gasteiger partial charge in [0.2, 0.25) is 0 Å². The standard InChI is InChI=1S/C19H19NO3/c1-13-9-14(5-6-19(13)23-4)18(7-8-20)15-10-16(21-2)12-17(11-15)22-3/h5-7,9-12H,1-4H3/b18-7+. The van der Waals surface area contributed by atoms with Crippen molar-refractivity contribution in [2.75, 3.05) is 21.3 Å². The summed E-state index contributed by atoms with van der Waals surface area (Å²) in [5.41, 5.74) is 3.59. The van der Waals surface area contributed by atoms with Crippen molar-refractivity contribution in [3.8, 4) is 23.3 Å². The lowest BCUT2D eigenvalue weighted by molar-refractivity contribution is 0.394. The molecule has 0 aliphatic heterocycles. The van der Waals surface area contributed by atoms with Crippen molar-refractivity contribution >= 4 is 5.57 Å². The number of benzene rings is 2. The average Bonchev–Trinajstić information content (AvgIpc) is 2.59. The Morgan fingerprint density at radius 1 is 0.913 bits per heavy atom. The minimum Gasteiger partial charge on any atom is -0.497 e. The van der Waals surface area contributed by atoms with Gasteiger partial charge in [-0.2, -0.15) is 5.26 Å². The summed E-state index contributed by atoms with van der Waals surface area (Å²) < 4.78 is 15.9. The fraction of sp³-hybridized carbons (Fsp3) is 0.211. The summed E-state index contributed by atoms with van der Waals surface area (Å²) in [6, 6.07) is 13.5. The third-order valence-electron chi connectivity index (χ3n) is 3.58. The van der Waals surface area contributed by atoms with Crippen LogP contribution >= 0.6 is 0 Å². The van der Waals surface area contributed by atoms with Gasteiger partial charge in [-0.25, -0.2) is 0 Å². The third kappa shape index (κ3) is 3.64. The second-order valence-corrected chi connectivity index (χ2v) is 4.97. The van der Waals surface area contributed by atoms with E-state index in [0.717, 1.165) is 28.0 Å². The smallest absolute Gasteiger partial charge is 0.123 e. The highest BCUT2D eigenvalue weighted by Gasteiger charge is 2.11. The van der Waals surface area contributed by atoms with E-state index in [2.05, 4.69) is 6.07 Å². The number of hydrogen-bond acceptors (Lipinski definition) is 4. The van der Waals surface area contributed by atoms with Crippen LogP contribution in [0.4, 0.5) is 0 Å². The number of nitriles is 1. The molecule has 2 rings (SSSR count). The first-order valence-corrected chi connectivity index (χ1v) is 7.11. The molecule has 0 radical (unpaired) electrons. The van der Waals surface area contributed by atoms with Crippen LogP contribution in [-0.4, -0.2) is 21.3 Å². The van der Waals surface area contributed by atoms with Crippen LogP contribution in [0, 0.1) is 18.3 Å². The number of allylic oxidation sites excluding steroid dienone is 1. The predicted octanol–water partition coefficient (Wildman–Crippen LogP) is 3.98. The molecular weight excluding hydrogens is 290 g/mol. The molecule has 2 aromatic rings.